The number of hydrogen-bond donors (Lipinski definition) is 3. The molecule has 42 heavy (non-hydrogen) atoms. The van der Waals surface area contributed by atoms with Crippen molar-refractivity contribution in [1.29, 1.82) is 0 Å². The second-order valence-electron chi connectivity index (χ2n) is 10.2. The van der Waals surface area contributed by atoms with Crippen LogP contribution < -0.4 is 20.9 Å². The van der Waals surface area contributed by atoms with E-state index in [4.69, 9.17) is 0 Å². The maximum Gasteiger partial charge on any atom is 0.416 e. The minimum Gasteiger partial charge on any atom is -0.366 e. The van der Waals surface area contributed by atoms with E-state index in [0.29, 0.717) is 43.0 Å². The summed E-state index contributed by atoms with van der Waals surface area (Å²) in [5.74, 6) is -1.11. The summed E-state index contributed by atoms with van der Waals surface area (Å²) in [6.45, 7) is 2.14. The first-order valence-corrected chi connectivity index (χ1v) is 13.6. The number of fused-ring (bicyclic) bond motifs is 2. The molecule has 0 atom stereocenters. The van der Waals surface area contributed by atoms with Gasteiger partial charge in [-0.05, 0) is 57.9 Å². The Balaban J connectivity index is 1.42. The minimum absolute atomic E-state index is 0.0290. The van der Waals surface area contributed by atoms with E-state index in [1.165, 1.54) is 0 Å². The number of amides is 2. The second-order valence-corrected chi connectivity index (χ2v) is 10.2. The zero-order chi connectivity index (χ0) is 29.3. The Morgan fingerprint density at radius 3 is 1.55 bits per heavy atom. The Kier molecular flexibility index (Phi) is 7.26. The molecule has 1 fully saturated rings. The van der Waals surface area contributed by atoms with Gasteiger partial charge >= 0.3 is 6.18 Å². The van der Waals surface area contributed by atoms with Gasteiger partial charge in [-0.25, -0.2) is 0 Å². The molecule has 6 nitrogen and oxygen atoms in total. The monoisotopic (exact) mass is 568 g/mol. The molecule has 0 saturated carbocycles. The van der Waals surface area contributed by atoms with Gasteiger partial charge in [0.25, 0.3) is 11.8 Å². The first-order chi connectivity index (χ1) is 20.3. The Labute approximate surface area is 240 Å². The molecule has 2 amide bonds. The zero-order valence-electron chi connectivity index (χ0n) is 22.5. The van der Waals surface area contributed by atoms with Crippen molar-refractivity contribution in [3.8, 4) is 0 Å². The van der Waals surface area contributed by atoms with Crippen molar-refractivity contribution in [2.24, 2.45) is 0 Å². The zero-order valence-corrected chi connectivity index (χ0v) is 22.5. The molecule has 0 unspecified atom stereocenters. The second kappa shape index (κ2) is 11.2. The van der Waals surface area contributed by atoms with Crippen LogP contribution in [0.5, 0.6) is 0 Å². The van der Waals surface area contributed by atoms with Crippen LogP contribution in [0.3, 0.4) is 0 Å². The molecular weight excluding hydrogens is 541 g/mol. The number of halogens is 3. The smallest absolute Gasteiger partial charge is 0.366 e. The lowest BCUT2D eigenvalue weighted by molar-refractivity contribution is -0.137. The van der Waals surface area contributed by atoms with E-state index in [1.54, 1.807) is 36.4 Å². The largest absolute Gasteiger partial charge is 0.416 e. The summed E-state index contributed by atoms with van der Waals surface area (Å²) >= 11 is 0. The van der Waals surface area contributed by atoms with Crippen LogP contribution in [-0.2, 0) is 6.18 Å². The lowest BCUT2D eigenvalue weighted by atomic mass is 10.0. The van der Waals surface area contributed by atoms with Gasteiger partial charge in [0, 0.05) is 37.3 Å². The van der Waals surface area contributed by atoms with Crippen molar-refractivity contribution in [2.45, 2.75) is 6.18 Å². The Morgan fingerprint density at radius 1 is 0.643 bits per heavy atom. The van der Waals surface area contributed by atoms with Gasteiger partial charge in [-0.3, -0.25) is 9.59 Å². The predicted molar refractivity (Wildman–Crippen MR) is 160 cm³/mol. The fourth-order valence-electron chi connectivity index (χ4n) is 5.27. The van der Waals surface area contributed by atoms with Gasteiger partial charge in [0.1, 0.15) is 0 Å². The summed E-state index contributed by atoms with van der Waals surface area (Å²) < 4.78 is 42.4. The van der Waals surface area contributed by atoms with Crippen LogP contribution in [0.1, 0.15) is 26.3 Å². The molecule has 0 radical (unpaired) electrons. The summed E-state index contributed by atoms with van der Waals surface area (Å²) in [6, 6.07) is 27.2. The summed E-state index contributed by atoms with van der Waals surface area (Å²) in [4.78, 5) is 28.7. The van der Waals surface area contributed by atoms with Crippen LogP contribution in [0.4, 0.5) is 30.2 Å². The average Bonchev–Trinajstić information content (AvgIpc) is 3.00. The van der Waals surface area contributed by atoms with E-state index in [2.05, 4.69) is 16.0 Å². The molecule has 1 saturated heterocycles. The third-order valence-corrected chi connectivity index (χ3v) is 7.39. The number of anilines is 3. The van der Waals surface area contributed by atoms with Crippen LogP contribution >= 0.6 is 0 Å². The molecule has 1 aliphatic rings. The molecule has 5 aromatic carbocycles. The number of hydrogen-bond acceptors (Lipinski definition) is 4. The Hall–Kier alpha value is -4.89. The molecular formula is C33H27F3N4O2. The van der Waals surface area contributed by atoms with Gasteiger partial charge in [-0.15, -0.1) is 0 Å². The number of piperazine rings is 1. The van der Waals surface area contributed by atoms with Crippen LogP contribution in [-0.4, -0.2) is 38.0 Å². The number of benzene rings is 5. The maximum atomic E-state index is 14.1. The highest BCUT2D eigenvalue weighted by molar-refractivity contribution is 6.12. The quantitative estimate of drug-likeness (QED) is 0.215. The number of carbonyl (C=O) groups is 2. The first-order valence-electron chi connectivity index (χ1n) is 13.6. The van der Waals surface area contributed by atoms with Gasteiger partial charge < -0.3 is 20.9 Å². The molecule has 5 aromatic rings. The number of carbonyl (C=O) groups excluding carboxylic acids is 2. The van der Waals surface area contributed by atoms with E-state index in [0.717, 1.165) is 33.7 Å². The Morgan fingerprint density at radius 2 is 1.10 bits per heavy atom. The van der Waals surface area contributed by atoms with E-state index in [-0.39, 0.29) is 11.4 Å². The van der Waals surface area contributed by atoms with Gasteiger partial charge in [-0.1, -0.05) is 60.7 Å². The molecule has 3 N–H and O–H groups in total. The van der Waals surface area contributed by atoms with Gasteiger partial charge in [0.2, 0.25) is 0 Å². The lowest BCUT2D eigenvalue weighted by Gasteiger charge is -2.33. The SMILES string of the molecule is O=C(Nc1cc(C(F)(F)F)cc(NC(=O)c2ccc3ccccc3c2)c1N1CCNCC1)c1ccc2ccccc2c1. The minimum atomic E-state index is -4.72. The molecule has 0 spiro atoms. The van der Waals surface area contributed by atoms with E-state index < -0.39 is 23.6 Å². The van der Waals surface area contributed by atoms with Gasteiger partial charge in [0.05, 0.1) is 22.6 Å². The van der Waals surface area contributed by atoms with E-state index in [9.17, 15) is 22.8 Å². The molecule has 1 heterocycles. The van der Waals surface area contributed by atoms with Crippen LogP contribution in [0.2, 0.25) is 0 Å². The van der Waals surface area contributed by atoms with Gasteiger partial charge in [-0.2, -0.15) is 13.2 Å². The van der Waals surface area contributed by atoms with Gasteiger partial charge in [0.15, 0.2) is 0 Å². The molecule has 1 aliphatic heterocycles. The fourth-order valence-corrected chi connectivity index (χ4v) is 5.27. The third kappa shape index (κ3) is 5.64. The maximum absolute atomic E-state index is 14.1. The number of rotatable bonds is 5. The van der Waals surface area contributed by atoms with Crippen molar-refractivity contribution in [2.75, 3.05) is 41.7 Å². The fraction of sp³-hybridized carbons (Fsp3) is 0.152. The summed E-state index contributed by atoms with van der Waals surface area (Å²) in [7, 11) is 0. The number of nitrogens with one attached hydrogen (secondary N) is 3. The average molecular weight is 569 g/mol. The normalized spacial score (nSPS) is 13.7. The summed E-state index contributed by atoms with van der Waals surface area (Å²) in [5, 5.41) is 12.2. The molecule has 6 rings (SSSR count). The number of nitrogens with zero attached hydrogens (tertiary/aromatic N) is 1. The van der Waals surface area contributed by atoms with Crippen LogP contribution in [0.25, 0.3) is 21.5 Å². The molecule has 9 heteroatoms. The van der Waals surface area contributed by atoms with Crippen LogP contribution in [0.15, 0.2) is 97.1 Å². The summed E-state index contributed by atoms with van der Waals surface area (Å²) in [6.07, 6.45) is -4.72. The van der Waals surface area contributed by atoms with Crippen molar-refractivity contribution >= 4 is 50.4 Å². The highest BCUT2D eigenvalue weighted by atomic mass is 19.4. The first kappa shape index (κ1) is 27.3. The molecule has 0 aliphatic carbocycles. The van der Waals surface area contributed by atoms with E-state index >= 15 is 0 Å². The molecule has 0 aromatic heterocycles. The highest BCUT2D eigenvalue weighted by Crippen LogP contribution is 2.42. The number of alkyl halides is 3. The summed E-state index contributed by atoms with van der Waals surface area (Å²) in [5.41, 5.74) is -0.104. The van der Waals surface area contributed by atoms with Crippen molar-refractivity contribution in [1.82, 2.24) is 5.32 Å². The molecule has 212 valence electrons. The lowest BCUT2D eigenvalue weighted by Crippen LogP contribution is -2.44. The Bertz CT molecular complexity index is 1700. The predicted octanol–water partition coefficient (Wildman–Crippen LogP) is 6.93. The topological polar surface area (TPSA) is 73.5 Å². The highest BCUT2D eigenvalue weighted by Gasteiger charge is 2.34. The third-order valence-electron chi connectivity index (χ3n) is 7.39. The van der Waals surface area contributed by atoms with Crippen molar-refractivity contribution < 1.29 is 22.8 Å². The standard InChI is InChI=1S/C33H27F3N4O2/c34-33(35,36)27-19-28(38-31(41)25-11-9-21-5-1-3-7-23(21)17-25)30(40-15-13-37-14-16-40)29(20-27)39-32(42)26-12-10-22-6-2-4-8-24(22)18-26/h1-12,17-20,37H,13-16H2,(H,38,41)(H,39,42). The van der Waals surface area contributed by atoms with E-state index in [1.807, 2.05) is 53.4 Å². The van der Waals surface area contributed by atoms with Crippen molar-refractivity contribution in [3.63, 3.8) is 0 Å². The molecule has 0 bridgehead atoms. The van der Waals surface area contributed by atoms with Crippen LogP contribution in [0, 0.1) is 0 Å². The van der Waals surface area contributed by atoms with Crippen molar-refractivity contribution in [3.05, 3.63) is 114 Å².